The molecule has 20 heavy (non-hydrogen) atoms. The maximum absolute atomic E-state index is 13.2. The molecule has 108 valence electrons. The van der Waals surface area contributed by atoms with Gasteiger partial charge in [-0.15, -0.1) is 0 Å². The van der Waals surface area contributed by atoms with Gasteiger partial charge in [0.2, 0.25) is 0 Å². The molecule has 2 aliphatic rings. The van der Waals surface area contributed by atoms with Crippen molar-refractivity contribution in [3.8, 4) is 0 Å². The van der Waals surface area contributed by atoms with E-state index in [4.69, 9.17) is 0 Å². The number of hydrogen-bond donors (Lipinski definition) is 1. The van der Waals surface area contributed by atoms with Crippen LogP contribution in [0.1, 0.15) is 37.7 Å². The highest BCUT2D eigenvalue weighted by Gasteiger charge is 2.44. The van der Waals surface area contributed by atoms with Crippen molar-refractivity contribution in [2.24, 2.45) is 5.92 Å². The first-order valence-electron chi connectivity index (χ1n) is 7.23. The predicted octanol–water partition coefficient (Wildman–Crippen LogP) is 2.44. The molecule has 3 atom stereocenters. The highest BCUT2D eigenvalue weighted by atomic mass is 19.1. The smallest absolute Gasteiger partial charge is 0.320 e. The molecule has 1 aromatic rings. The van der Waals surface area contributed by atoms with Crippen LogP contribution in [-0.4, -0.2) is 33.0 Å². The summed E-state index contributed by atoms with van der Waals surface area (Å²) in [7, 11) is 0. The molecule has 1 aromatic heterocycles. The maximum atomic E-state index is 13.2. The van der Waals surface area contributed by atoms with Crippen molar-refractivity contribution in [2.45, 2.75) is 50.7 Å². The van der Waals surface area contributed by atoms with Crippen molar-refractivity contribution in [3.63, 3.8) is 0 Å². The SMILES string of the molecule is O=C(O)C1CC2CCCCC2N1Cc1cncc(F)c1. The molecule has 1 N–H and O–H groups in total. The van der Waals surface area contributed by atoms with Crippen LogP contribution in [0.15, 0.2) is 18.5 Å². The Morgan fingerprint density at radius 2 is 2.20 bits per heavy atom. The van der Waals surface area contributed by atoms with Crippen molar-refractivity contribution in [3.05, 3.63) is 29.8 Å². The summed E-state index contributed by atoms with van der Waals surface area (Å²) in [5, 5.41) is 9.43. The van der Waals surface area contributed by atoms with Gasteiger partial charge in [-0.1, -0.05) is 12.8 Å². The lowest BCUT2D eigenvalue weighted by Crippen LogP contribution is -2.41. The largest absolute Gasteiger partial charge is 0.480 e. The topological polar surface area (TPSA) is 53.4 Å². The average molecular weight is 278 g/mol. The molecule has 1 aliphatic carbocycles. The van der Waals surface area contributed by atoms with Crippen LogP contribution in [-0.2, 0) is 11.3 Å². The van der Waals surface area contributed by atoms with Gasteiger partial charge < -0.3 is 5.11 Å². The summed E-state index contributed by atoms with van der Waals surface area (Å²) in [6.07, 6.45) is 8.05. The van der Waals surface area contributed by atoms with Gasteiger partial charge in [0.05, 0.1) is 6.20 Å². The summed E-state index contributed by atoms with van der Waals surface area (Å²) in [6.45, 7) is 0.475. The molecule has 4 nitrogen and oxygen atoms in total. The van der Waals surface area contributed by atoms with Gasteiger partial charge in [0, 0.05) is 18.8 Å². The average Bonchev–Trinajstić information content (AvgIpc) is 2.78. The van der Waals surface area contributed by atoms with E-state index in [1.165, 1.54) is 18.7 Å². The minimum atomic E-state index is -0.760. The van der Waals surface area contributed by atoms with E-state index in [9.17, 15) is 14.3 Å². The normalized spacial score (nSPS) is 30.1. The van der Waals surface area contributed by atoms with Crippen LogP contribution in [0.4, 0.5) is 4.39 Å². The van der Waals surface area contributed by atoms with Gasteiger partial charge >= 0.3 is 5.97 Å². The second kappa shape index (κ2) is 5.48. The molecule has 3 rings (SSSR count). The lowest BCUT2D eigenvalue weighted by Gasteiger charge is -2.32. The number of fused-ring (bicyclic) bond motifs is 1. The third-order valence-electron chi connectivity index (χ3n) is 4.63. The van der Waals surface area contributed by atoms with Crippen LogP contribution in [0.2, 0.25) is 0 Å². The number of pyridine rings is 1. The molecule has 0 aromatic carbocycles. The molecule has 0 spiro atoms. The minimum Gasteiger partial charge on any atom is -0.480 e. The number of carbonyl (C=O) groups is 1. The number of rotatable bonds is 3. The van der Waals surface area contributed by atoms with Crippen molar-refractivity contribution in [1.29, 1.82) is 0 Å². The molecule has 0 amide bonds. The summed E-state index contributed by atoms with van der Waals surface area (Å²) < 4.78 is 13.2. The van der Waals surface area contributed by atoms with Gasteiger partial charge in [-0.2, -0.15) is 0 Å². The Labute approximate surface area is 117 Å². The molecule has 5 heteroatoms. The van der Waals surface area contributed by atoms with Gasteiger partial charge in [0.1, 0.15) is 11.9 Å². The number of nitrogens with zero attached hydrogens (tertiary/aromatic N) is 2. The van der Waals surface area contributed by atoms with E-state index in [1.807, 2.05) is 4.90 Å². The Balaban J connectivity index is 1.82. The summed E-state index contributed by atoms with van der Waals surface area (Å²) in [5.41, 5.74) is 0.752. The molecular formula is C15H19FN2O2. The van der Waals surface area contributed by atoms with E-state index in [2.05, 4.69) is 4.98 Å². The van der Waals surface area contributed by atoms with E-state index in [0.717, 1.165) is 31.2 Å². The first kappa shape index (κ1) is 13.5. The number of halogens is 1. The zero-order valence-electron chi connectivity index (χ0n) is 11.3. The van der Waals surface area contributed by atoms with Crippen LogP contribution in [0.3, 0.4) is 0 Å². The van der Waals surface area contributed by atoms with Crippen molar-refractivity contribution in [2.75, 3.05) is 0 Å². The molecule has 2 fully saturated rings. The Bertz CT molecular complexity index is 508. The van der Waals surface area contributed by atoms with Crippen LogP contribution >= 0.6 is 0 Å². The van der Waals surface area contributed by atoms with Gasteiger partial charge in [-0.05, 0) is 36.8 Å². The molecule has 0 radical (unpaired) electrons. The fourth-order valence-electron chi connectivity index (χ4n) is 3.78. The van der Waals surface area contributed by atoms with Gasteiger partial charge in [0.25, 0.3) is 0 Å². The Morgan fingerprint density at radius 3 is 2.95 bits per heavy atom. The monoisotopic (exact) mass is 278 g/mol. The second-order valence-electron chi connectivity index (χ2n) is 5.89. The highest BCUT2D eigenvalue weighted by molar-refractivity contribution is 5.74. The Morgan fingerprint density at radius 1 is 1.40 bits per heavy atom. The quantitative estimate of drug-likeness (QED) is 0.922. The van der Waals surface area contributed by atoms with Crippen LogP contribution in [0.5, 0.6) is 0 Å². The minimum absolute atomic E-state index is 0.327. The predicted molar refractivity (Wildman–Crippen MR) is 71.5 cm³/mol. The number of aliphatic carboxylic acids is 1. The standard InChI is InChI=1S/C15H19FN2O2/c16-12-5-10(7-17-8-12)9-18-13-4-2-1-3-11(13)6-14(18)15(19)20/h5,7-8,11,13-14H,1-4,6,9H2,(H,19,20). The zero-order chi connectivity index (χ0) is 14.1. The fraction of sp³-hybridized carbons (Fsp3) is 0.600. The highest BCUT2D eigenvalue weighted by Crippen LogP contribution is 2.40. The van der Waals surface area contributed by atoms with Crippen LogP contribution in [0.25, 0.3) is 0 Å². The van der Waals surface area contributed by atoms with E-state index in [-0.39, 0.29) is 5.82 Å². The number of carboxylic acid groups (broad SMARTS) is 1. The lowest BCUT2D eigenvalue weighted by atomic mass is 9.84. The molecule has 1 saturated carbocycles. The number of likely N-dealkylation sites (tertiary alicyclic amines) is 1. The molecule has 2 heterocycles. The van der Waals surface area contributed by atoms with Gasteiger partial charge in [-0.25, -0.2) is 4.39 Å². The first-order chi connectivity index (χ1) is 9.65. The Kier molecular flexibility index (Phi) is 3.70. The van der Waals surface area contributed by atoms with Gasteiger partial charge in [-0.3, -0.25) is 14.7 Å². The van der Waals surface area contributed by atoms with Crippen LogP contribution < -0.4 is 0 Å². The number of aromatic nitrogens is 1. The first-order valence-corrected chi connectivity index (χ1v) is 7.23. The summed E-state index contributed by atoms with van der Waals surface area (Å²) >= 11 is 0. The lowest BCUT2D eigenvalue weighted by molar-refractivity contribution is -0.142. The van der Waals surface area contributed by atoms with Crippen molar-refractivity contribution < 1.29 is 14.3 Å². The fourth-order valence-corrected chi connectivity index (χ4v) is 3.78. The Hall–Kier alpha value is -1.49. The summed E-state index contributed by atoms with van der Waals surface area (Å²) in [6, 6.07) is 1.33. The molecule has 1 saturated heterocycles. The third-order valence-corrected chi connectivity index (χ3v) is 4.63. The van der Waals surface area contributed by atoms with E-state index in [1.54, 1.807) is 6.20 Å². The van der Waals surface area contributed by atoms with Crippen LogP contribution in [0, 0.1) is 11.7 Å². The maximum Gasteiger partial charge on any atom is 0.320 e. The third kappa shape index (κ3) is 2.54. The van der Waals surface area contributed by atoms with E-state index in [0.29, 0.717) is 18.5 Å². The summed E-state index contributed by atoms with van der Waals surface area (Å²) in [4.78, 5) is 17.4. The van der Waals surface area contributed by atoms with Crippen molar-refractivity contribution >= 4 is 5.97 Å². The molecular weight excluding hydrogens is 259 g/mol. The molecule has 3 unspecified atom stereocenters. The zero-order valence-corrected chi connectivity index (χ0v) is 11.3. The molecule has 0 bridgehead atoms. The molecule has 1 aliphatic heterocycles. The number of hydrogen-bond acceptors (Lipinski definition) is 3. The van der Waals surface area contributed by atoms with Crippen molar-refractivity contribution in [1.82, 2.24) is 9.88 Å². The van der Waals surface area contributed by atoms with E-state index >= 15 is 0 Å². The van der Waals surface area contributed by atoms with E-state index < -0.39 is 12.0 Å². The summed E-state index contributed by atoms with van der Waals surface area (Å²) in [5.74, 6) is -0.649. The van der Waals surface area contributed by atoms with Gasteiger partial charge in [0.15, 0.2) is 0 Å². The number of carboxylic acids is 1. The second-order valence-corrected chi connectivity index (χ2v) is 5.89.